The van der Waals surface area contributed by atoms with Crippen molar-refractivity contribution in [1.82, 2.24) is 19.5 Å². The Morgan fingerprint density at radius 3 is 1.76 bits per heavy atom. The van der Waals surface area contributed by atoms with Crippen molar-refractivity contribution in [2.45, 2.75) is 0 Å². The van der Waals surface area contributed by atoms with Crippen LogP contribution in [0.4, 0.5) is 22.7 Å². The molecule has 426 valence electrons. The first-order valence-corrected chi connectivity index (χ1v) is 28.1. The van der Waals surface area contributed by atoms with E-state index in [1.54, 1.807) is 34.9 Å². The second-order valence-corrected chi connectivity index (χ2v) is 21.4. The number of nitrogen functional groups attached to an aromatic ring is 1. The van der Waals surface area contributed by atoms with Crippen LogP contribution in [0.1, 0.15) is 31.8 Å². The molecular weight excluding hydrogens is 1160 g/mol. The van der Waals surface area contributed by atoms with Gasteiger partial charge in [0, 0.05) is 95.1 Å². The van der Waals surface area contributed by atoms with E-state index in [1.807, 2.05) is 165 Å². The molecule has 2 heterocycles. The molecule has 0 atom stereocenters. The van der Waals surface area contributed by atoms with E-state index in [0.717, 1.165) is 73.1 Å². The van der Waals surface area contributed by atoms with Crippen molar-refractivity contribution in [3.05, 3.63) is 272 Å². The maximum Gasteiger partial charge on any atom is 0.293 e. The highest BCUT2D eigenvalue weighted by Crippen LogP contribution is 2.34. The van der Waals surface area contributed by atoms with Gasteiger partial charge in [-0.05, 0) is 142 Å². The standard InChI is InChI=1S/C26H20ClN3O.C17H11ClN2.C11H7O.C9H10ClNO.C6H5ClN2O2/c1-29(2)20-13-10-18(11-14-20)26(31)30-24-15-12-19(27)16-23(24)28-25(30)22-9-5-7-17-6-3-4-8-21(17)22;18-12-8-9-15-16(10-12)20-17(19-15)14-7-3-5-11-4-1-2-6-13(11)14;12-8-10-6-3-5-9-4-1-2-7-11(9)10;1-11(2)8-5-3-7(4-6-8)9(10)12;7-4-1-2-5(8)6(3-4)9(10)11/h3-16H,1-2H3;1-10H,(H,19,20);1-5,7-8H;3-6H,1-2H3;1-3H,8H2/q;;+1;;. The number of benzene rings is 10. The summed E-state index contributed by atoms with van der Waals surface area (Å²) in [6.07, 6.45) is 7.45. The van der Waals surface area contributed by atoms with Crippen molar-refractivity contribution in [3.8, 4) is 22.8 Å². The zero-order valence-electron chi connectivity index (χ0n) is 46.8. The number of aromatic amines is 1. The summed E-state index contributed by atoms with van der Waals surface area (Å²) in [5.74, 6) is 1.35. The minimum absolute atomic E-state index is 0.124. The number of H-pyrrole nitrogens is 1. The number of aldehydes is 1. The summed E-state index contributed by atoms with van der Waals surface area (Å²) >= 11 is 23.0. The zero-order chi connectivity index (χ0) is 61.0. The summed E-state index contributed by atoms with van der Waals surface area (Å²) in [6, 6.07) is 66.5. The van der Waals surface area contributed by atoms with E-state index in [-0.39, 0.29) is 17.3 Å². The van der Waals surface area contributed by atoms with E-state index < -0.39 is 10.2 Å². The number of fused-ring (bicyclic) bond motifs is 5. The van der Waals surface area contributed by atoms with Gasteiger partial charge in [-0.2, -0.15) is 0 Å². The first-order valence-electron chi connectivity index (χ1n) is 26.6. The molecule has 12 aromatic rings. The van der Waals surface area contributed by atoms with E-state index in [0.29, 0.717) is 43.1 Å². The van der Waals surface area contributed by atoms with Crippen LogP contribution in [0.2, 0.25) is 15.1 Å². The number of anilines is 3. The van der Waals surface area contributed by atoms with Gasteiger partial charge in [-0.15, -0.1) is 0 Å². The Bertz CT molecular complexity index is 4530. The maximum absolute atomic E-state index is 13.7. The zero-order valence-corrected chi connectivity index (χ0v) is 49.8. The van der Waals surface area contributed by atoms with Gasteiger partial charge in [0.05, 0.1) is 44.2 Å². The van der Waals surface area contributed by atoms with Crippen LogP contribution in [-0.2, 0) is 4.79 Å². The fourth-order valence-electron chi connectivity index (χ4n) is 9.28. The number of aromatic nitrogens is 4. The Morgan fingerprint density at radius 2 is 1.14 bits per heavy atom. The molecule has 13 rings (SSSR count). The molecule has 0 spiro atoms. The highest BCUT2D eigenvalue weighted by Gasteiger charge is 2.22. The molecule has 0 amide bonds. The predicted octanol–water partition coefficient (Wildman–Crippen LogP) is 17.4. The van der Waals surface area contributed by atoms with Gasteiger partial charge in [0.15, 0.2) is 5.57 Å². The number of nitro groups is 1. The van der Waals surface area contributed by atoms with Crippen LogP contribution in [0, 0.1) is 16.2 Å². The quantitative estimate of drug-likeness (QED) is 0.0372. The van der Waals surface area contributed by atoms with Gasteiger partial charge in [0.2, 0.25) is 6.29 Å². The SMILES string of the molecule is CN(C)c1ccc(C(=O)Cl)cc1.CN(C)c1ccc(C(=O)n2c(-c3cccc4ccccc34)nc3cc(Cl)ccc32)cc1.Clc1ccc2nc(-c3cccc4ccccc34)[nH]c2c1.Nc1ccc(Cl)cc1[N+](=O)[O-].O=CC1=[C+]C=Cc2ccccc21. The molecular formula is C69H53Cl4N8O5+. The largest absolute Gasteiger partial charge is 0.393 e. The number of hydrogen-bond acceptors (Lipinski definition) is 10. The lowest BCUT2D eigenvalue weighted by molar-refractivity contribution is -0.383. The van der Waals surface area contributed by atoms with Crippen LogP contribution < -0.4 is 15.5 Å². The van der Waals surface area contributed by atoms with E-state index in [2.05, 4.69) is 64.6 Å². The summed E-state index contributed by atoms with van der Waals surface area (Å²) < 4.78 is 1.69. The number of allylic oxidation sites excluding steroid dienone is 3. The highest BCUT2D eigenvalue weighted by atomic mass is 35.5. The summed E-state index contributed by atoms with van der Waals surface area (Å²) in [5.41, 5.74) is 16.5. The number of nitrogens with zero attached hydrogens (tertiary/aromatic N) is 6. The summed E-state index contributed by atoms with van der Waals surface area (Å²) in [6.45, 7) is 0. The number of nitro benzene ring substituents is 1. The van der Waals surface area contributed by atoms with E-state index in [9.17, 15) is 24.5 Å². The Balaban J connectivity index is 0.000000138. The topological polar surface area (TPSA) is 173 Å². The molecule has 17 heteroatoms. The van der Waals surface area contributed by atoms with Crippen LogP contribution >= 0.6 is 46.4 Å². The Morgan fingerprint density at radius 1 is 0.605 bits per heavy atom. The molecule has 0 radical (unpaired) electrons. The van der Waals surface area contributed by atoms with Crippen LogP contribution in [0.25, 0.3) is 78.0 Å². The van der Waals surface area contributed by atoms with E-state index >= 15 is 0 Å². The fourth-order valence-corrected chi connectivity index (χ4v) is 9.91. The number of carbonyl (C=O) groups excluding carboxylic acids is 3. The van der Waals surface area contributed by atoms with Gasteiger partial charge in [-0.25, -0.2) is 14.8 Å². The van der Waals surface area contributed by atoms with Crippen LogP contribution in [-0.4, -0.2) is 70.1 Å². The third-order valence-electron chi connectivity index (χ3n) is 13.6. The van der Waals surface area contributed by atoms with Crippen molar-refractivity contribution < 1.29 is 19.3 Å². The number of nitrogens with two attached hydrogens (primary N) is 1. The second kappa shape index (κ2) is 27.6. The minimum atomic E-state index is -0.568. The molecule has 0 unspecified atom stereocenters. The summed E-state index contributed by atoms with van der Waals surface area (Å²) in [5, 5.41) is 16.0. The van der Waals surface area contributed by atoms with Crippen molar-refractivity contribution in [3.63, 3.8) is 0 Å². The number of halogens is 4. The molecule has 13 nitrogen and oxygen atoms in total. The van der Waals surface area contributed by atoms with Crippen LogP contribution in [0.15, 0.2) is 218 Å². The lowest BCUT2D eigenvalue weighted by Gasteiger charge is -2.14. The van der Waals surface area contributed by atoms with Gasteiger partial charge in [0.1, 0.15) is 17.3 Å². The average Bonchev–Trinajstić information content (AvgIpc) is 1.82. The highest BCUT2D eigenvalue weighted by molar-refractivity contribution is 6.67. The molecule has 2 aromatic heterocycles. The molecule has 0 fully saturated rings. The van der Waals surface area contributed by atoms with E-state index in [4.69, 9.17) is 57.1 Å². The Kier molecular flexibility index (Phi) is 19.5. The third-order valence-corrected chi connectivity index (χ3v) is 14.6. The molecule has 3 N–H and O–H groups in total. The lowest BCUT2D eigenvalue weighted by atomic mass is 9.96. The maximum atomic E-state index is 13.7. The van der Waals surface area contributed by atoms with Gasteiger partial charge >= 0.3 is 0 Å². The second-order valence-electron chi connectivity index (χ2n) is 19.7. The third kappa shape index (κ3) is 14.3. The molecule has 1 aliphatic carbocycles. The van der Waals surface area contributed by atoms with Crippen molar-refractivity contribution in [2.24, 2.45) is 0 Å². The molecule has 0 aliphatic heterocycles. The van der Waals surface area contributed by atoms with Crippen molar-refractivity contribution >= 4 is 142 Å². The first kappa shape index (κ1) is 60.6. The smallest absolute Gasteiger partial charge is 0.293 e. The lowest BCUT2D eigenvalue weighted by Crippen LogP contribution is -2.14. The van der Waals surface area contributed by atoms with Gasteiger partial charge in [-0.3, -0.25) is 24.3 Å². The van der Waals surface area contributed by atoms with Crippen LogP contribution in [0.5, 0.6) is 0 Å². The molecule has 10 aromatic carbocycles. The molecule has 86 heavy (non-hydrogen) atoms. The van der Waals surface area contributed by atoms with Crippen molar-refractivity contribution in [1.29, 1.82) is 0 Å². The first-order chi connectivity index (χ1) is 41.5. The summed E-state index contributed by atoms with van der Waals surface area (Å²) in [7, 11) is 7.83. The fraction of sp³-hybridized carbons (Fsp3) is 0.0580. The number of hydrogen-bond donors (Lipinski definition) is 2. The van der Waals surface area contributed by atoms with Crippen molar-refractivity contribution in [2.75, 3.05) is 43.7 Å². The van der Waals surface area contributed by atoms with E-state index in [1.165, 1.54) is 29.0 Å². The average molecular weight is 1220 g/mol. The minimum Gasteiger partial charge on any atom is -0.393 e. The van der Waals surface area contributed by atoms with Gasteiger partial charge in [0.25, 0.3) is 16.8 Å². The number of nitrogens with one attached hydrogen (secondary N) is 1. The normalized spacial score (nSPS) is 11.0. The molecule has 0 bridgehead atoms. The number of carbonyl (C=O) groups is 3. The van der Waals surface area contributed by atoms with Crippen LogP contribution in [0.3, 0.4) is 0 Å². The van der Waals surface area contributed by atoms with Gasteiger partial charge in [-0.1, -0.05) is 132 Å². The number of rotatable bonds is 8. The molecule has 0 saturated carbocycles. The Labute approximate surface area is 515 Å². The van der Waals surface area contributed by atoms with Gasteiger partial charge < -0.3 is 20.5 Å². The predicted molar refractivity (Wildman–Crippen MR) is 354 cm³/mol. The summed E-state index contributed by atoms with van der Waals surface area (Å²) in [4.78, 5) is 61.4. The Hall–Kier alpha value is -9.98. The monoisotopic (exact) mass is 1210 g/mol. The molecule has 0 saturated heterocycles. The number of imidazole rings is 2. The molecule has 1 aliphatic rings.